The number of halogens is 2. The lowest BCUT2D eigenvalue weighted by atomic mass is 9.88. The maximum atomic E-state index is 13.0. The topological polar surface area (TPSA) is 68.8 Å². The van der Waals surface area contributed by atoms with Crippen LogP contribution in [0.1, 0.15) is 32.3 Å². The van der Waals surface area contributed by atoms with Crippen LogP contribution in [0, 0.1) is 11.8 Å². The highest BCUT2D eigenvalue weighted by Gasteiger charge is 2.34. The molecule has 0 aromatic heterocycles. The average molecular weight is 554 g/mol. The minimum atomic E-state index is -0.255. The maximum Gasteiger partial charge on any atom is 0.319 e. The highest BCUT2D eigenvalue weighted by atomic mass is 35.5. The molecule has 0 aliphatic carbocycles. The van der Waals surface area contributed by atoms with E-state index in [2.05, 4.69) is 37.6 Å². The van der Waals surface area contributed by atoms with Crippen LogP contribution in [0.5, 0.6) is 17.2 Å². The second-order valence-corrected chi connectivity index (χ2v) is 11.3. The Balaban J connectivity index is 1.59. The minimum absolute atomic E-state index is 0.0265. The minimum Gasteiger partial charge on any atom is -0.493 e. The number of ether oxygens (including phenoxy) is 3. The first-order valence-corrected chi connectivity index (χ1v) is 13.5. The molecule has 37 heavy (non-hydrogen) atoms. The van der Waals surface area contributed by atoms with E-state index in [0.717, 1.165) is 43.4 Å². The van der Waals surface area contributed by atoms with E-state index < -0.39 is 0 Å². The number of anilines is 1. The van der Waals surface area contributed by atoms with Gasteiger partial charge in [-0.15, -0.1) is 0 Å². The van der Waals surface area contributed by atoms with Crippen molar-refractivity contribution in [1.29, 1.82) is 0 Å². The zero-order chi connectivity index (χ0) is 27.2. The van der Waals surface area contributed by atoms with Gasteiger partial charge in [0, 0.05) is 12.1 Å². The van der Waals surface area contributed by atoms with E-state index in [9.17, 15) is 4.79 Å². The number of rotatable bonds is 10. The molecule has 1 unspecified atom stereocenters. The summed E-state index contributed by atoms with van der Waals surface area (Å²) in [5, 5.41) is 7.34. The number of likely N-dealkylation sites (N-methyl/N-ethyl adjacent to an activating group) is 1. The number of quaternary nitrogens is 1. The molecule has 9 heteroatoms. The van der Waals surface area contributed by atoms with E-state index in [-0.39, 0.29) is 18.0 Å². The van der Waals surface area contributed by atoms with Gasteiger partial charge in [0.1, 0.15) is 0 Å². The third-order valence-electron chi connectivity index (χ3n) is 7.34. The predicted octanol–water partition coefficient (Wildman–Crippen LogP) is 6.26. The fraction of sp³-hybridized carbons (Fsp3) is 0.536. The first-order valence-electron chi connectivity index (χ1n) is 12.7. The van der Waals surface area contributed by atoms with Gasteiger partial charge in [0.05, 0.1) is 69.8 Å². The number of nitrogens with one attached hydrogen (secondary N) is 2. The van der Waals surface area contributed by atoms with Crippen LogP contribution in [0.3, 0.4) is 0 Å². The van der Waals surface area contributed by atoms with Crippen LogP contribution in [0.4, 0.5) is 10.5 Å². The van der Waals surface area contributed by atoms with Crippen molar-refractivity contribution in [2.75, 3.05) is 53.3 Å². The average Bonchev–Trinajstić information content (AvgIpc) is 2.86. The molecule has 2 N–H and O–H groups in total. The maximum absolute atomic E-state index is 13.0. The van der Waals surface area contributed by atoms with Crippen molar-refractivity contribution < 1.29 is 23.5 Å². The van der Waals surface area contributed by atoms with Gasteiger partial charge in [-0.1, -0.05) is 43.1 Å². The van der Waals surface area contributed by atoms with Crippen LogP contribution >= 0.6 is 23.2 Å². The summed E-state index contributed by atoms with van der Waals surface area (Å²) >= 11 is 12.3. The molecule has 0 radical (unpaired) electrons. The zero-order valence-corrected chi connectivity index (χ0v) is 24.2. The van der Waals surface area contributed by atoms with Gasteiger partial charge in [-0.2, -0.15) is 0 Å². The Morgan fingerprint density at radius 2 is 1.62 bits per heavy atom. The second kappa shape index (κ2) is 12.9. The Kier molecular flexibility index (Phi) is 10.2. The van der Waals surface area contributed by atoms with E-state index in [1.54, 1.807) is 33.5 Å². The molecule has 1 fully saturated rings. The van der Waals surface area contributed by atoms with E-state index >= 15 is 0 Å². The van der Waals surface area contributed by atoms with Gasteiger partial charge in [-0.05, 0) is 48.8 Å². The monoisotopic (exact) mass is 552 g/mol. The van der Waals surface area contributed by atoms with Crippen molar-refractivity contribution in [1.82, 2.24) is 5.32 Å². The molecular formula is C28H40Cl2N3O4+. The van der Waals surface area contributed by atoms with Crippen LogP contribution in [0.2, 0.25) is 10.0 Å². The largest absolute Gasteiger partial charge is 0.493 e. The van der Waals surface area contributed by atoms with Gasteiger partial charge in [-0.25, -0.2) is 4.79 Å². The summed E-state index contributed by atoms with van der Waals surface area (Å²) in [5.41, 5.74) is 1.80. The van der Waals surface area contributed by atoms with Crippen LogP contribution in [0.25, 0.3) is 0 Å². The summed E-state index contributed by atoms with van der Waals surface area (Å²) in [5.74, 6) is 2.36. The van der Waals surface area contributed by atoms with Crippen molar-refractivity contribution in [2.24, 2.45) is 11.8 Å². The number of benzene rings is 2. The first kappa shape index (κ1) is 29.2. The SMILES string of the molecule is COc1cc(NC(=O)NC(C[N+]2(C)CCC(Cc3ccc(Cl)c(Cl)c3)CC2)C(C)C)cc(OC)c1OC. The van der Waals surface area contributed by atoms with Gasteiger partial charge in [0.25, 0.3) is 0 Å². The van der Waals surface area contributed by atoms with Crippen molar-refractivity contribution in [2.45, 2.75) is 39.2 Å². The number of methoxy groups -OCH3 is 3. The number of carbonyl (C=O) groups is 1. The van der Waals surface area contributed by atoms with E-state index in [4.69, 9.17) is 37.4 Å². The lowest BCUT2D eigenvalue weighted by molar-refractivity contribution is -0.916. The molecule has 0 saturated carbocycles. The number of hydrogen-bond acceptors (Lipinski definition) is 4. The summed E-state index contributed by atoms with van der Waals surface area (Å²) in [6.45, 7) is 7.32. The number of piperidine rings is 1. The molecule has 0 bridgehead atoms. The first-order chi connectivity index (χ1) is 17.6. The van der Waals surface area contributed by atoms with Crippen LogP contribution in [-0.4, -0.2) is 64.6 Å². The van der Waals surface area contributed by atoms with Gasteiger partial charge in [0.2, 0.25) is 5.75 Å². The Bertz CT molecular complexity index is 1050. The normalized spacial score (nSPS) is 20.3. The quantitative estimate of drug-likeness (QED) is 0.341. The van der Waals surface area contributed by atoms with E-state index in [1.807, 2.05) is 12.1 Å². The summed E-state index contributed by atoms with van der Waals surface area (Å²) in [6, 6.07) is 9.15. The van der Waals surface area contributed by atoms with Crippen molar-refractivity contribution in [3.05, 3.63) is 45.9 Å². The van der Waals surface area contributed by atoms with Crippen LogP contribution in [0.15, 0.2) is 30.3 Å². The van der Waals surface area contributed by atoms with Crippen molar-refractivity contribution in [3.63, 3.8) is 0 Å². The third-order valence-corrected chi connectivity index (χ3v) is 8.08. The summed E-state index contributed by atoms with van der Waals surface area (Å²) in [4.78, 5) is 13.0. The highest BCUT2D eigenvalue weighted by molar-refractivity contribution is 6.42. The molecule has 3 rings (SSSR count). The van der Waals surface area contributed by atoms with E-state index in [0.29, 0.717) is 38.9 Å². The molecule has 204 valence electrons. The Morgan fingerprint density at radius 1 is 1.00 bits per heavy atom. The molecule has 1 heterocycles. The molecule has 2 amide bonds. The fourth-order valence-electron chi connectivity index (χ4n) is 5.02. The number of urea groups is 1. The molecule has 0 spiro atoms. The number of carbonyl (C=O) groups excluding carboxylic acids is 1. The molecule has 1 aliphatic rings. The lowest BCUT2D eigenvalue weighted by Crippen LogP contribution is -2.58. The van der Waals surface area contributed by atoms with Gasteiger partial charge < -0.3 is 29.3 Å². The zero-order valence-electron chi connectivity index (χ0n) is 22.7. The van der Waals surface area contributed by atoms with Crippen molar-refractivity contribution in [3.8, 4) is 17.2 Å². The Morgan fingerprint density at radius 3 is 2.14 bits per heavy atom. The molecule has 7 nitrogen and oxygen atoms in total. The Hall–Kier alpha value is -2.35. The summed E-state index contributed by atoms with van der Waals surface area (Å²) in [6.07, 6.45) is 3.29. The molecule has 2 aromatic carbocycles. The molecule has 1 aliphatic heterocycles. The number of likely N-dealkylation sites (tertiary alicyclic amines) is 1. The van der Waals surface area contributed by atoms with Gasteiger partial charge >= 0.3 is 6.03 Å². The number of nitrogens with zero attached hydrogens (tertiary/aromatic N) is 1. The highest BCUT2D eigenvalue weighted by Crippen LogP contribution is 2.40. The summed E-state index contributed by atoms with van der Waals surface area (Å²) in [7, 11) is 6.94. The fourth-order valence-corrected chi connectivity index (χ4v) is 5.34. The van der Waals surface area contributed by atoms with Gasteiger partial charge in [-0.3, -0.25) is 0 Å². The molecular weight excluding hydrogens is 513 g/mol. The lowest BCUT2D eigenvalue weighted by Gasteiger charge is -2.43. The second-order valence-electron chi connectivity index (χ2n) is 10.5. The van der Waals surface area contributed by atoms with Crippen LogP contribution in [-0.2, 0) is 6.42 Å². The third kappa shape index (κ3) is 7.82. The van der Waals surface area contributed by atoms with Crippen molar-refractivity contribution >= 4 is 34.9 Å². The molecule has 2 aromatic rings. The number of hydrogen-bond donors (Lipinski definition) is 2. The summed E-state index contributed by atoms with van der Waals surface area (Å²) < 4.78 is 17.1. The molecule has 1 saturated heterocycles. The smallest absolute Gasteiger partial charge is 0.319 e. The van der Waals surface area contributed by atoms with Gasteiger partial charge in [0.15, 0.2) is 11.5 Å². The standard InChI is InChI=1S/C28H39Cl2N3O4/c1-18(2)24(32-28(34)31-21-15-25(35-4)27(37-6)26(16-21)36-5)17-33(3)11-9-19(10-12-33)13-20-7-8-22(29)23(30)14-20/h7-8,14-16,18-19,24H,9-13,17H2,1-6H3,(H-,31,32,34)/p+1. The molecule has 1 atom stereocenters. The number of amides is 2. The Labute approximate surface area is 230 Å². The van der Waals surface area contributed by atoms with Crippen LogP contribution < -0.4 is 24.8 Å². The van der Waals surface area contributed by atoms with E-state index in [1.165, 1.54) is 5.56 Å². The predicted molar refractivity (Wildman–Crippen MR) is 151 cm³/mol.